The van der Waals surface area contributed by atoms with Crippen LogP contribution in [0.3, 0.4) is 0 Å². The molecule has 140 valence electrons. The van der Waals surface area contributed by atoms with Gasteiger partial charge in [0.1, 0.15) is 24.3 Å². The lowest BCUT2D eigenvalue weighted by atomic mass is 10.1. The molecule has 0 saturated carbocycles. The molecule has 2 aromatic carbocycles. The number of carbonyl (C=O) groups is 1. The van der Waals surface area contributed by atoms with Crippen LogP contribution in [0.1, 0.15) is 18.5 Å². The van der Waals surface area contributed by atoms with Gasteiger partial charge in [0.05, 0.1) is 12.2 Å². The number of carbonyl (C=O) groups excluding carboxylic acids is 1. The standard InChI is InChI=1S/C19H19F2N5O/c1-13(14-3-5-18(6-4-14)26-12-22-11-23-26)25(2)10-19(27)24-17-8-15(20)7-16(21)9-17/h3-9,11-13H,10H2,1-2H3,(H,24,27). The van der Waals surface area contributed by atoms with Gasteiger partial charge in [-0.15, -0.1) is 0 Å². The highest BCUT2D eigenvalue weighted by molar-refractivity contribution is 5.92. The van der Waals surface area contributed by atoms with E-state index in [4.69, 9.17) is 0 Å². The number of amides is 1. The van der Waals surface area contributed by atoms with Crippen molar-refractivity contribution in [2.45, 2.75) is 13.0 Å². The minimum absolute atomic E-state index is 0.0372. The Morgan fingerprint density at radius 1 is 1.19 bits per heavy atom. The monoisotopic (exact) mass is 371 g/mol. The first-order valence-electron chi connectivity index (χ1n) is 8.33. The number of aromatic nitrogens is 3. The maximum Gasteiger partial charge on any atom is 0.238 e. The first-order valence-corrected chi connectivity index (χ1v) is 8.33. The molecule has 1 atom stereocenters. The maximum absolute atomic E-state index is 13.2. The molecule has 0 spiro atoms. The van der Waals surface area contributed by atoms with Gasteiger partial charge in [-0.2, -0.15) is 5.10 Å². The van der Waals surface area contributed by atoms with Gasteiger partial charge in [-0.25, -0.2) is 18.4 Å². The second kappa shape index (κ2) is 8.05. The Balaban J connectivity index is 1.61. The first kappa shape index (κ1) is 18.7. The third-order valence-corrected chi connectivity index (χ3v) is 4.26. The van der Waals surface area contributed by atoms with Crippen LogP contribution in [0.5, 0.6) is 0 Å². The van der Waals surface area contributed by atoms with E-state index < -0.39 is 11.6 Å². The van der Waals surface area contributed by atoms with E-state index >= 15 is 0 Å². The lowest BCUT2D eigenvalue weighted by Gasteiger charge is -2.24. The molecule has 0 fully saturated rings. The molecule has 0 bridgehead atoms. The molecule has 1 amide bonds. The van der Waals surface area contributed by atoms with E-state index in [1.165, 1.54) is 6.33 Å². The second-order valence-corrected chi connectivity index (χ2v) is 6.23. The number of hydrogen-bond acceptors (Lipinski definition) is 4. The van der Waals surface area contributed by atoms with Gasteiger partial charge in [0.15, 0.2) is 0 Å². The number of anilines is 1. The van der Waals surface area contributed by atoms with Gasteiger partial charge in [0.25, 0.3) is 0 Å². The number of nitrogens with zero attached hydrogens (tertiary/aromatic N) is 4. The molecule has 0 saturated heterocycles. The van der Waals surface area contributed by atoms with Crippen LogP contribution < -0.4 is 5.32 Å². The lowest BCUT2D eigenvalue weighted by Crippen LogP contribution is -2.32. The van der Waals surface area contributed by atoms with E-state index in [2.05, 4.69) is 15.4 Å². The van der Waals surface area contributed by atoms with Gasteiger partial charge in [-0.05, 0) is 43.8 Å². The van der Waals surface area contributed by atoms with Crippen molar-refractivity contribution in [1.82, 2.24) is 19.7 Å². The minimum atomic E-state index is -0.737. The molecule has 3 aromatic rings. The molecular weight excluding hydrogens is 352 g/mol. The van der Waals surface area contributed by atoms with Crippen molar-refractivity contribution in [3.63, 3.8) is 0 Å². The molecule has 0 aliphatic carbocycles. The highest BCUT2D eigenvalue weighted by Crippen LogP contribution is 2.20. The highest BCUT2D eigenvalue weighted by atomic mass is 19.1. The van der Waals surface area contributed by atoms with Crippen LogP contribution in [0.15, 0.2) is 55.1 Å². The average Bonchev–Trinajstić information content (AvgIpc) is 3.14. The molecule has 8 heteroatoms. The normalized spacial score (nSPS) is 12.2. The molecule has 0 radical (unpaired) electrons. The van der Waals surface area contributed by atoms with E-state index in [9.17, 15) is 13.6 Å². The maximum atomic E-state index is 13.2. The Hall–Kier alpha value is -3.13. The Labute approximate surface area is 155 Å². The summed E-state index contributed by atoms with van der Waals surface area (Å²) in [5, 5.41) is 6.59. The van der Waals surface area contributed by atoms with Gasteiger partial charge >= 0.3 is 0 Å². The van der Waals surface area contributed by atoms with Crippen molar-refractivity contribution in [2.24, 2.45) is 0 Å². The number of benzene rings is 2. The summed E-state index contributed by atoms with van der Waals surface area (Å²) in [4.78, 5) is 17.9. The first-order chi connectivity index (χ1) is 12.9. The topological polar surface area (TPSA) is 63.1 Å². The zero-order valence-corrected chi connectivity index (χ0v) is 14.9. The van der Waals surface area contributed by atoms with Crippen molar-refractivity contribution >= 4 is 11.6 Å². The number of rotatable bonds is 6. The second-order valence-electron chi connectivity index (χ2n) is 6.23. The van der Waals surface area contributed by atoms with Crippen LogP contribution in [0.2, 0.25) is 0 Å². The minimum Gasteiger partial charge on any atom is -0.325 e. The summed E-state index contributed by atoms with van der Waals surface area (Å²) in [6.07, 6.45) is 3.08. The smallest absolute Gasteiger partial charge is 0.238 e. The van der Waals surface area contributed by atoms with Gasteiger partial charge in [0, 0.05) is 17.8 Å². The summed E-state index contributed by atoms with van der Waals surface area (Å²) < 4.78 is 28.1. The average molecular weight is 371 g/mol. The summed E-state index contributed by atoms with van der Waals surface area (Å²) in [5.41, 5.74) is 2.00. The van der Waals surface area contributed by atoms with Crippen molar-refractivity contribution < 1.29 is 13.6 Å². The van der Waals surface area contributed by atoms with Gasteiger partial charge < -0.3 is 5.32 Å². The number of halogens is 2. The van der Waals surface area contributed by atoms with Crippen molar-refractivity contribution in [1.29, 1.82) is 0 Å². The summed E-state index contributed by atoms with van der Waals surface area (Å²) in [6.45, 7) is 2.05. The van der Waals surface area contributed by atoms with Crippen molar-refractivity contribution in [3.8, 4) is 5.69 Å². The molecule has 3 rings (SSSR count). The molecule has 1 heterocycles. The van der Waals surface area contributed by atoms with E-state index in [1.807, 2.05) is 43.1 Å². The quantitative estimate of drug-likeness (QED) is 0.723. The van der Waals surface area contributed by atoms with Crippen LogP contribution in [0.4, 0.5) is 14.5 Å². The summed E-state index contributed by atoms with van der Waals surface area (Å²) in [6, 6.07) is 10.6. The molecule has 0 aliphatic rings. The van der Waals surface area contributed by atoms with Crippen LogP contribution in [-0.4, -0.2) is 39.2 Å². The fourth-order valence-electron chi connectivity index (χ4n) is 2.69. The number of hydrogen-bond donors (Lipinski definition) is 1. The van der Waals surface area contributed by atoms with Crippen LogP contribution >= 0.6 is 0 Å². The Kier molecular flexibility index (Phi) is 5.56. The lowest BCUT2D eigenvalue weighted by molar-refractivity contribution is -0.117. The Bertz CT molecular complexity index is 892. The molecule has 27 heavy (non-hydrogen) atoms. The largest absolute Gasteiger partial charge is 0.325 e. The zero-order chi connectivity index (χ0) is 19.4. The molecule has 1 unspecified atom stereocenters. The third kappa shape index (κ3) is 4.73. The predicted octanol–water partition coefficient (Wildman–Crippen LogP) is 3.18. The summed E-state index contributed by atoms with van der Waals surface area (Å²) >= 11 is 0. The third-order valence-electron chi connectivity index (χ3n) is 4.26. The van der Waals surface area contributed by atoms with Crippen molar-refractivity contribution in [3.05, 3.63) is 72.3 Å². The Morgan fingerprint density at radius 2 is 1.85 bits per heavy atom. The van der Waals surface area contributed by atoms with E-state index in [1.54, 1.807) is 11.0 Å². The SMILES string of the molecule is CC(c1ccc(-n2cncn2)cc1)N(C)CC(=O)Nc1cc(F)cc(F)c1. The zero-order valence-electron chi connectivity index (χ0n) is 14.9. The molecule has 1 aromatic heterocycles. The van der Waals surface area contributed by atoms with E-state index in [-0.39, 0.29) is 24.2 Å². The van der Waals surface area contributed by atoms with Gasteiger partial charge in [-0.3, -0.25) is 9.69 Å². The van der Waals surface area contributed by atoms with Crippen LogP contribution in [0.25, 0.3) is 5.69 Å². The number of likely N-dealkylation sites (N-methyl/N-ethyl adjacent to an activating group) is 1. The molecule has 0 aliphatic heterocycles. The summed E-state index contributed by atoms with van der Waals surface area (Å²) in [7, 11) is 1.81. The van der Waals surface area contributed by atoms with E-state index in [0.717, 1.165) is 29.4 Å². The summed E-state index contributed by atoms with van der Waals surface area (Å²) in [5.74, 6) is -1.83. The van der Waals surface area contributed by atoms with Crippen LogP contribution in [0, 0.1) is 11.6 Å². The fraction of sp³-hybridized carbons (Fsp3) is 0.211. The van der Waals surface area contributed by atoms with E-state index in [0.29, 0.717) is 0 Å². The molecule has 6 nitrogen and oxygen atoms in total. The Morgan fingerprint density at radius 3 is 2.44 bits per heavy atom. The van der Waals surface area contributed by atoms with Gasteiger partial charge in [0.2, 0.25) is 5.91 Å². The number of nitrogens with one attached hydrogen (secondary N) is 1. The fourth-order valence-corrected chi connectivity index (χ4v) is 2.69. The molecule has 1 N–H and O–H groups in total. The van der Waals surface area contributed by atoms with Crippen LogP contribution in [-0.2, 0) is 4.79 Å². The molecular formula is C19H19F2N5O. The van der Waals surface area contributed by atoms with Crippen molar-refractivity contribution in [2.75, 3.05) is 18.9 Å². The highest BCUT2D eigenvalue weighted by Gasteiger charge is 2.15. The predicted molar refractivity (Wildman–Crippen MR) is 97.4 cm³/mol. The van der Waals surface area contributed by atoms with Gasteiger partial charge in [-0.1, -0.05) is 12.1 Å².